The van der Waals surface area contributed by atoms with Crippen LogP contribution in [0.2, 0.25) is 0 Å². The maximum absolute atomic E-state index is 4.96. The number of nitrogens with zero attached hydrogens (tertiary/aromatic N) is 3. The van der Waals surface area contributed by atoms with Crippen LogP contribution >= 0.6 is 0 Å². The lowest BCUT2D eigenvalue weighted by atomic mass is 9.68. The third kappa shape index (κ3) is 3.69. The number of likely N-dealkylation sites (tertiary alicyclic amines) is 1. The summed E-state index contributed by atoms with van der Waals surface area (Å²) in [6, 6.07) is 8.87. The Morgan fingerprint density at radius 3 is 2.72 bits per heavy atom. The van der Waals surface area contributed by atoms with Crippen molar-refractivity contribution < 1.29 is 0 Å². The van der Waals surface area contributed by atoms with Gasteiger partial charge in [-0.2, -0.15) is 0 Å². The van der Waals surface area contributed by atoms with Crippen LogP contribution in [0.1, 0.15) is 43.7 Å². The number of nitrogens with one attached hydrogen (secondary N) is 1. The summed E-state index contributed by atoms with van der Waals surface area (Å²) < 4.78 is 0. The average Bonchev–Trinajstić information content (AvgIpc) is 3.07. The summed E-state index contributed by atoms with van der Waals surface area (Å²) in [4.78, 5) is 10.0. The van der Waals surface area contributed by atoms with E-state index in [1.807, 2.05) is 0 Å². The molecule has 2 aliphatic heterocycles. The summed E-state index contributed by atoms with van der Waals surface area (Å²) in [6.07, 6.45) is 6.82. The summed E-state index contributed by atoms with van der Waals surface area (Å²) in [7, 11) is 0. The number of fused-ring (bicyclic) bond motifs is 1. The van der Waals surface area contributed by atoms with Crippen molar-refractivity contribution in [3.05, 3.63) is 35.4 Å². The number of rotatable bonds is 4. The van der Waals surface area contributed by atoms with Crippen LogP contribution in [0.3, 0.4) is 0 Å². The smallest absolute Gasteiger partial charge is 0.193 e. The quantitative estimate of drug-likeness (QED) is 0.675. The minimum absolute atomic E-state index is 0.632. The van der Waals surface area contributed by atoms with Gasteiger partial charge >= 0.3 is 0 Å². The van der Waals surface area contributed by atoms with Crippen LogP contribution in [0.4, 0.5) is 0 Å². The fraction of sp³-hybridized carbons (Fsp3) is 0.667. The highest BCUT2D eigenvalue weighted by molar-refractivity contribution is 5.80. The standard InChI is InChI=1S/C21H32N4/c1-2-22-20(25-14-11-21(17-25)9-5-10-21)23-12-15-24-13-8-18-6-3-4-7-19(18)16-24/h3-4,6-7H,2,5,8-17H2,1H3,(H,22,23). The molecular weight excluding hydrogens is 308 g/mol. The zero-order valence-corrected chi connectivity index (χ0v) is 15.6. The van der Waals surface area contributed by atoms with Crippen molar-refractivity contribution in [2.24, 2.45) is 10.4 Å². The largest absolute Gasteiger partial charge is 0.357 e. The van der Waals surface area contributed by atoms with Gasteiger partial charge < -0.3 is 10.2 Å². The molecule has 1 saturated carbocycles. The lowest BCUT2D eigenvalue weighted by molar-refractivity contribution is 0.151. The van der Waals surface area contributed by atoms with E-state index in [-0.39, 0.29) is 0 Å². The van der Waals surface area contributed by atoms with Crippen molar-refractivity contribution >= 4 is 5.96 Å². The average molecular weight is 341 g/mol. The van der Waals surface area contributed by atoms with E-state index in [4.69, 9.17) is 4.99 Å². The highest BCUT2D eigenvalue weighted by Gasteiger charge is 2.43. The lowest BCUT2D eigenvalue weighted by Gasteiger charge is -2.38. The van der Waals surface area contributed by atoms with E-state index in [9.17, 15) is 0 Å². The molecule has 1 aliphatic carbocycles. The third-order valence-corrected chi connectivity index (χ3v) is 6.37. The highest BCUT2D eigenvalue weighted by Crippen LogP contribution is 2.47. The van der Waals surface area contributed by atoms with Gasteiger partial charge in [0.15, 0.2) is 5.96 Å². The molecule has 2 heterocycles. The first kappa shape index (κ1) is 16.9. The van der Waals surface area contributed by atoms with Crippen molar-refractivity contribution in [3.63, 3.8) is 0 Å². The van der Waals surface area contributed by atoms with Gasteiger partial charge in [-0.1, -0.05) is 30.7 Å². The molecule has 4 nitrogen and oxygen atoms in total. The molecule has 1 aromatic carbocycles. The Morgan fingerprint density at radius 2 is 2.00 bits per heavy atom. The molecule has 0 unspecified atom stereocenters. The molecule has 0 bridgehead atoms. The minimum atomic E-state index is 0.632. The van der Waals surface area contributed by atoms with Crippen LogP contribution in [0.15, 0.2) is 29.3 Å². The second-order valence-corrected chi connectivity index (χ2v) is 8.06. The van der Waals surface area contributed by atoms with Crippen LogP contribution in [-0.4, -0.2) is 55.0 Å². The van der Waals surface area contributed by atoms with Crippen molar-refractivity contribution in [3.8, 4) is 0 Å². The Balaban J connectivity index is 1.32. The molecule has 0 radical (unpaired) electrons. The van der Waals surface area contributed by atoms with Crippen molar-refractivity contribution in [2.45, 2.75) is 45.6 Å². The Labute approximate surface area is 152 Å². The Morgan fingerprint density at radius 1 is 1.16 bits per heavy atom. The van der Waals surface area contributed by atoms with Crippen molar-refractivity contribution in [1.82, 2.24) is 15.1 Å². The number of hydrogen-bond acceptors (Lipinski definition) is 2. The summed E-state index contributed by atoms with van der Waals surface area (Å²) >= 11 is 0. The van der Waals surface area contributed by atoms with E-state index in [1.165, 1.54) is 56.3 Å². The van der Waals surface area contributed by atoms with Gasteiger partial charge in [-0.15, -0.1) is 0 Å². The molecule has 4 rings (SSSR count). The van der Waals surface area contributed by atoms with E-state index >= 15 is 0 Å². The predicted molar refractivity (Wildman–Crippen MR) is 104 cm³/mol. The molecule has 3 aliphatic rings. The zero-order chi connectivity index (χ0) is 17.1. The fourth-order valence-corrected chi connectivity index (χ4v) is 4.67. The van der Waals surface area contributed by atoms with Gasteiger partial charge in [-0.25, -0.2) is 0 Å². The van der Waals surface area contributed by atoms with Gasteiger partial charge in [0.2, 0.25) is 0 Å². The predicted octanol–water partition coefficient (Wildman–Crippen LogP) is 2.89. The molecule has 0 aromatic heterocycles. The van der Waals surface area contributed by atoms with Crippen LogP contribution in [0.25, 0.3) is 0 Å². The van der Waals surface area contributed by atoms with Gasteiger partial charge in [0, 0.05) is 39.3 Å². The Kier molecular flexibility index (Phi) is 4.98. The molecule has 1 spiro atoms. The van der Waals surface area contributed by atoms with Crippen molar-refractivity contribution in [2.75, 3.05) is 39.3 Å². The highest BCUT2D eigenvalue weighted by atomic mass is 15.3. The van der Waals surface area contributed by atoms with E-state index in [0.717, 1.165) is 38.7 Å². The number of benzene rings is 1. The molecule has 4 heteroatoms. The second-order valence-electron chi connectivity index (χ2n) is 8.06. The maximum atomic E-state index is 4.96. The molecule has 136 valence electrons. The molecular formula is C21H32N4. The molecule has 1 aromatic rings. The fourth-order valence-electron chi connectivity index (χ4n) is 4.67. The summed E-state index contributed by atoms with van der Waals surface area (Å²) in [5, 5.41) is 3.52. The molecule has 0 atom stereocenters. The van der Waals surface area contributed by atoms with Crippen LogP contribution < -0.4 is 5.32 Å². The number of aliphatic imine (C=N–C) groups is 1. The Hall–Kier alpha value is -1.55. The molecule has 0 amide bonds. The van der Waals surface area contributed by atoms with E-state index in [0.29, 0.717) is 5.41 Å². The van der Waals surface area contributed by atoms with Gasteiger partial charge in [0.1, 0.15) is 0 Å². The van der Waals surface area contributed by atoms with Crippen LogP contribution in [-0.2, 0) is 13.0 Å². The van der Waals surface area contributed by atoms with Crippen LogP contribution in [0, 0.1) is 5.41 Å². The van der Waals surface area contributed by atoms with Gasteiger partial charge in [-0.05, 0) is 49.1 Å². The summed E-state index contributed by atoms with van der Waals surface area (Å²) in [5.74, 6) is 1.14. The monoisotopic (exact) mass is 340 g/mol. The maximum Gasteiger partial charge on any atom is 0.193 e. The van der Waals surface area contributed by atoms with E-state index in [2.05, 4.69) is 46.3 Å². The van der Waals surface area contributed by atoms with Gasteiger partial charge in [-0.3, -0.25) is 9.89 Å². The Bertz CT molecular complexity index is 620. The third-order valence-electron chi connectivity index (χ3n) is 6.37. The number of guanidine groups is 1. The van der Waals surface area contributed by atoms with E-state index < -0.39 is 0 Å². The molecule has 1 N–H and O–H groups in total. The summed E-state index contributed by atoms with van der Waals surface area (Å²) in [6.45, 7) is 9.73. The zero-order valence-electron chi connectivity index (χ0n) is 15.6. The van der Waals surface area contributed by atoms with Crippen LogP contribution in [0.5, 0.6) is 0 Å². The minimum Gasteiger partial charge on any atom is -0.357 e. The summed E-state index contributed by atoms with van der Waals surface area (Å²) in [5.41, 5.74) is 3.65. The first-order chi connectivity index (χ1) is 12.3. The first-order valence-electron chi connectivity index (χ1n) is 10.1. The van der Waals surface area contributed by atoms with E-state index in [1.54, 1.807) is 0 Å². The molecule has 25 heavy (non-hydrogen) atoms. The molecule has 1 saturated heterocycles. The number of hydrogen-bond donors (Lipinski definition) is 1. The SMILES string of the molecule is CCNC(=NCCN1CCc2ccccc2C1)N1CCC2(CCC2)C1. The first-order valence-corrected chi connectivity index (χ1v) is 10.1. The van der Waals surface area contributed by atoms with Gasteiger partial charge in [0.25, 0.3) is 0 Å². The van der Waals surface area contributed by atoms with Gasteiger partial charge in [0.05, 0.1) is 6.54 Å². The second kappa shape index (κ2) is 7.36. The normalized spacial score (nSPS) is 22.8. The topological polar surface area (TPSA) is 30.9 Å². The molecule has 2 fully saturated rings. The lowest BCUT2D eigenvalue weighted by Crippen LogP contribution is -2.43. The van der Waals surface area contributed by atoms with Crippen molar-refractivity contribution in [1.29, 1.82) is 0 Å².